The van der Waals surface area contributed by atoms with Gasteiger partial charge in [-0.1, -0.05) is 42.0 Å². The second kappa shape index (κ2) is 8.71. The Kier molecular flexibility index (Phi) is 5.95. The molecule has 1 aliphatic heterocycles. The zero-order chi connectivity index (χ0) is 23.8. The average Bonchev–Trinajstić information content (AvgIpc) is 2.77. The van der Waals surface area contributed by atoms with E-state index in [4.69, 9.17) is 0 Å². The maximum atomic E-state index is 13.4. The number of anilines is 2. The van der Waals surface area contributed by atoms with Crippen LogP contribution in [-0.2, 0) is 14.8 Å². The number of benzene rings is 3. The van der Waals surface area contributed by atoms with E-state index in [-0.39, 0.29) is 16.8 Å². The lowest BCUT2D eigenvalue weighted by Crippen LogP contribution is -2.40. The van der Waals surface area contributed by atoms with Crippen LogP contribution in [0.2, 0.25) is 0 Å². The lowest BCUT2D eigenvalue weighted by atomic mass is 10.0. The summed E-state index contributed by atoms with van der Waals surface area (Å²) in [4.78, 5) is 25.7. The first-order valence-corrected chi connectivity index (χ1v) is 12.0. The van der Waals surface area contributed by atoms with Crippen LogP contribution < -0.4 is 14.9 Å². The standard InChI is InChI=1S/C25H25N3O4S/c1-16(2)26-25(30)19-9-4-6-10-21(19)27-24(29)15-28-22-13-12-17(3)14-20(22)18-8-5-7-11-23(18)33(28,31)32/h4-14,16H,15H2,1-3H3,(H,26,30)(H,27,29). The van der Waals surface area contributed by atoms with Crippen molar-refractivity contribution in [1.29, 1.82) is 0 Å². The van der Waals surface area contributed by atoms with E-state index in [0.29, 0.717) is 22.5 Å². The van der Waals surface area contributed by atoms with Gasteiger partial charge < -0.3 is 10.6 Å². The summed E-state index contributed by atoms with van der Waals surface area (Å²) in [5.74, 6) is -0.865. The maximum absolute atomic E-state index is 13.4. The highest BCUT2D eigenvalue weighted by molar-refractivity contribution is 7.93. The summed E-state index contributed by atoms with van der Waals surface area (Å²) in [5.41, 5.74) is 3.42. The van der Waals surface area contributed by atoms with Crippen LogP contribution in [0.4, 0.5) is 11.4 Å². The molecule has 1 aliphatic rings. The molecule has 0 spiro atoms. The van der Waals surface area contributed by atoms with Gasteiger partial charge in [0, 0.05) is 17.2 Å². The molecule has 4 rings (SSSR count). The number of sulfonamides is 1. The lowest BCUT2D eigenvalue weighted by Gasteiger charge is -2.32. The molecule has 0 saturated carbocycles. The van der Waals surface area contributed by atoms with Crippen molar-refractivity contribution in [3.05, 3.63) is 77.9 Å². The number of rotatable bonds is 5. The summed E-state index contributed by atoms with van der Waals surface area (Å²) in [7, 11) is -3.95. The van der Waals surface area contributed by atoms with Crippen LogP contribution in [-0.4, -0.2) is 32.8 Å². The molecule has 3 aromatic carbocycles. The Morgan fingerprint density at radius 2 is 1.64 bits per heavy atom. The van der Waals surface area contributed by atoms with Gasteiger partial charge in [-0.3, -0.25) is 13.9 Å². The first-order valence-electron chi connectivity index (χ1n) is 10.6. The monoisotopic (exact) mass is 463 g/mol. The minimum absolute atomic E-state index is 0.0697. The molecule has 33 heavy (non-hydrogen) atoms. The predicted octanol–water partition coefficient (Wildman–Crippen LogP) is 3.95. The van der Waals surface area contributed by atoms with Crippen LogP contribution in [0.5, 0.6) is 0 Å². The van der Waals surface area contributed by atoms with Crippen molar-refractivity contribution >= 4 is 33.2 Å². The van der Waals surface area contributed by atoms with Crippen LogP contribution in [0.15, 0.2) is 71.6 Å². The summed E-state index contributed by atoms with van der Waals surface area (Å²) in [6, 6.07) is 18.8. The molecule has 0 atom stereocenters. The number of carbonyl (C=O) groups excluding carboxylic acids is 2. The average molecular weight is 464 g/mol. The van der Waals surface area contributed by atoms with Crippen molar-refractivity contribution in [3.8, 4) is 11.1 Å². The van der Waals surface area contributed by atoms with Crippen molar-refractivity contribution in [2.75, 3.05) is 16.2 Å². The number of aryl methyl sites for hydroxylation is 1. The fourth-order valence-corrected chi connectivity index (χ4v) is 5.51. The molecule has 0 unspecified atom stereocenters. The van der Waals surface area contributed by atoms with Crippen molar-refractivity contribution in [3.63, 3.8) is 0 Å². The number of nitrogens with one attached hydrogen (secondary N) is 2. The lowest BCUT2D eigenvalue weighted by molar-refractivity contribution is -0.114. The number of nitrogens with zero attached hydrogens (tertiary/aromatic N) is 1. The minimum Gasteiger partial charge on any atom is -0.350 e. The smallest absolute Gasteiger partial charge is 0.265 e. The molecule has 0 saturated heterocycles. The van der Waals surface area contributed by atoms with Crippen LogP contribution in [0, 0.1) is 6.92 Å². The summed E-state index contributed by atoms with van der Waals surface area (Å²) < 4.78 is 28.0. The quantitative estimate of drug-likeness (QED) is 0.599. The molecule has 0 fully saturated rings. The Morgan fingerprint density at radius 1 is 0.939 bits per heavy atom. The number of hydrogen-bond acceptors (Lipinski definition) is 4. The van der Waals surface area contributed by atoms with Gasteiger partial charge in [0.1, 0.15) is 6.54 Å². The number of para-hydroxylation sites is 1. The number of fused-ring (bicyclic) bond motifs is 3. The van der Waals surface area contributed by atoms with E-state index in [9.17, 15) is 18.0 Å². The van der Waals surface area contributed by atoms with Gasteiger partial charge in [-0.25, -0.2) is 8.42 Å². The predicted molar refractivity (Wildman–Crippen MR) is 129 cm³/mol. The van der Waals surface area contributed by atoms with Gasteiger partial charge in [-0.15, -0.1) is 0 Å². The maximum Gasteiger partial charge on any atom is 0.265 e. The molecule has 0 aliphatic carbocycles. The largest absolute Gasteiger partial charge is 0.350 e. The zero-order valence-corrected chi connectivity index (χ0v) is 19.4. The first-order chi connectivity index (χ1) is 15.7. The van der Waals surface area contributed by atoms with Crippen molar-refractivity contribution in [2.24, 2.45) is 0 Å². The normalized spacial score (nSPS) is 13.8. The molecule has 2 N–H and O–H groups in total. The van der Waals surface area contributed by atoms with Crippen LogP contribution in [0.1, 0.15) is 29.8 Å². The van der Waals surface area contributed by atoms with Gasteiger partial charge in [-0.05, 0) is 51.1 Å². The van der Waals surface area contributed by atoms with Gasteiger partial charge in [0.25, 0.3) is 15.9 Å². The second-order valence-electron chi connectivity index (χ2n) is 8.25. The molecular weight excluding hydrogens is 438 g/mol. The molecule has 0 bridgehead atoms. The molecule has 2 amide bonds. The first kappa shape index (κ1) is 22.5. The fraction of sp³-hybridized carbons (Fsp3) is 0.200. The molecule has 8 heteroatoms. The van der Waals surface area contributed by atoms with Crippen molar-refractivity contribution in [1.82, 2.24) is 5.32 Å². The van der Waals surface area contributed by atoms with E-state index in [1.807, 2.05) is 32.9 Å². The Balaban J connectivity index is 1.67. The number of carbonyl (C=O) groups is 2. The summed E-state index contributed by atoms with van der Waals surface area (Å²) in [6.45, 7) is 5.20. The molecular formula is C25H25N3O4S. The molecule has 0 aromatic heterocycles. The minimum atomic E-state index is -3.95. The Bertz CT molecular complexity index is 1350. The van der Waals surface area contributed by atoms with Crippen LogP contribution in [0.3, 0.4) is 0 Å². The highest BCUT2D eigenvalue weighted by atomic mass is 32.2. The Morgan fingerprint density at radius 3 is 2.39 bits per heavy atom. The van der Waals surface area contributed by atoms with Gasteiger partial charge in [-0.2, -0.15) is 0 Å². The highest BCUT2D eigenvalue weighted by Gasteiger charge is 2.36. The molecule has 170 valence electrons. The summed E-state index contributed by atoms with van der Waals surface area (Å²) >= 11 is 0. The van der Waals surface area contributed by atoms with Gasteiger partial charge in [0.2, 0.25) is 5.91 Å². The molecule has 1 heterocycles. The van der Waals surface area contributed by atoms with Gasteiger partial charge >= 0.3 is 0 Å². The highest BCUT2D eigenvalue weighted by Crippen LogP contribution is 2.43. The number of amides is 2. The third-order valence-electron chi connectivity index (χ3n) is 5.32. The van der Waals surface area contributed by atoms with Crippen molar-refractivity contribution in [2.45, 2.75) is 31.7 Å². The molecule has 3 aromatic rings. The topological polar surface area (TPSA) is 95.6 Å². The molecule has 7 nitrogen and oxygen atoms in total. The van der Waals surface area contributed by atoms with E-state index in [2.05, 4.69) is 10.6 Å². The van der Waals surface area contributed by atoms with E-state index >= 15 is 0 Å². The SMILES string of the molecule is Cc1ccc2c(c1)-c1ccccc1S(=O)(=O)N2CC(=O)Nc1ccccc1C(=O)NC(C)C. The van der Waals surface area contributed by atoms with E-state index in [0.717, 1.165) is 15.4 Å². The molecule has 0 radical (unpaired) electrons. The van der Waals surface area contributed by atoms with Crippen LogP contribution in [0.25, 0.3) is 11.1 Å². The van der Waals surface area contributed by atoms with E-state index in [1.165, 1.54) is 0 Å². The Labute approximate surface area is 193 Å². The third-order valence-corrected chi connectivity index (χ3v) is 7.14. The van der Waals surface area contributed by atoms with Gasteiger partial charge in [0.15, 0.2) is 0 Å². The van der Waals surface area contributed by atoms with Crippen molar-refractivity contribution < 1.29 is 18.0 Å². The summed E-state index contributed by atoms with van der Waals surface area (Å²) in [5, 5.41) is 5.51. The Hall–Kier alpha value is -3.65. The zero-order valence-electron chi connectivity index (χ0n) is 18.6. The number of hydrogen-bond donors (Lipinski definition) is 2. The summed E-state index contributed by atoms with van der Waals surface area (Å²) in [6.07, 6.45) is 0. The second-order valence-corrected chi connectivity index (χ2v) is 10.1. The fourth-order valence-electron chi connectivity index (χ4n) is 3.87. The third kappa shape index (κ3) is 4.34. The van der Waals surface area contributed by atoms with Crippen LogP contribution >= 0.6 is 0 Å². The van der Waals surface area contributed by atoms with E-state index < -0.39 is 22.5 Å². The van der Waals surface area contributed by atoms with E-state index in [1.54, 1.807) is 54.6 Å². The van der Waals surface area contributed by atoms with Gasteiger partial charge in [0.05, 0.1) is 21.8 Å².